The van der Waals surface area contributed by atoms with E-state index in [2.05, 4.69) is 12.6 Å². The zero-order chi connectivity index (χ0) is 8.89. The first-order valence-electron chi connectivity index (χ1n) is 5.03. The highest BCUT2D eigenvalue weighted by molar-refractivity contribution is 7.81. The van der Waals surface area contributed by atoms with Gasteiger partial charge < -0.3 is 14.2 Å². The molecule has 1 saturated carbocycles. The van der Waals surface area contributed by atoms with Gasteiger partial charge in [-0.3, -0.25) is 0 Å². The molecule has 2 bridgehead atoms. The van der Waals surface area contributed by atoms with Gasteiger partial charge in [-0.2, -0.15) is 0 Å². The molecule has 0 N–H and O–H groups in total. The van der Waals surface area contributed by atoms with Crippen molar-refractivity contribution >= 4 is 12.6 Å². The van der Waals surface area contributed by atoms with Gasteiger partial charge in [0, 0.05) is 0 Å². The Morgan fingerprint density at radius 2 is 1.54 bits per heavy atom. The molecule has 3 aliphatic rings. The molecule has 3 fully saturated rings. The summed E-state index contributed by atoms with van der Waals surface area (Å²) in [6.45, 7) is 0. The number of rotatable bonds is 0. The van der Waals surface area contributed by atoms with Gasteiger partial charge in [0.05, 0.1) is 12.2 Å². The molecular weight excluding hydrogens is 188 g/mol. The van der Waals surface area contributed by atoms with Gasteiger partial charge in [-0.05, 0) is 12.8 Å². The molecule has 4 heteroatoms. The first-order valence-corrected chi connectivity index (χ1v) is 5.47. The van der Waals surface area contributed by atoms with Gasteiger partial charge >= 0.3 is 5.31 Å². The molecule has 3 rings (SSSR count). The van der Waals surface area contributed by atoms with Crippen LogP contribution in [0.4, 0.5) is 0 Å². The normalized spacial score (nSPS) is 54.7. The number of hydrogen-bond donors (Lipinski definition) is 1. The molecule has 0 amide bonds. The van der Waals surface area contributed by atoms with Gasteiger partial charge in [-0.25, -0.2) is 0 Å². The average molecular weight is 202 g/mol. The maximum absolute atomic E-state index is 5.58. The Bertz CT molecular complexity index is 199. The van der Waals surface area contributed by atoms with Crippen LogP contribution in [0.3, 0.4) is 0 Å². The van der Waals surface area contributed by atoms with Gasteiger partial charge in [-0.15, -0.1) is 0 Å². The predicted molar refractivity (Wildman–Crippen MR) is 49.4 cm³/mol. The fourth-order valence-corrected chi connectivity index (χ4v) is 2.87. The summed E-state index contributed by atoms with van der Waals surface area (Å²) < 4.78 is 16.7. The highest BCUT2D eigenvalue weighted by atomic mass is 32.1. The van der Waals surface area contributed by atoms with Crippen molar-refractivity contribution in [2.75, 3.05) is 0 Å². The summed E-state index contributed by atoms with van der Waals surface area (Å²) in [4.78, 5) is 0. The SMILES string of the molecule is SC12OC3CCCCCC(O1)C3O2. The zero-order valence-electron chi connectivity index (χ0n) is 7.44. The molecule has 2 atom stereocenters. The molecule has 13 heavy (non-hydrogen) atoms. The first-order chi connectivity index (χ1) is 6.27. The first kappa shape index (κ1) is 8.53. The zero-order valence-corrected chi connectivity index (χ0v) is 8.33. The fraction of sp³-hybridized carbons (Fsp3) is 1.00. The van der Waals surface area contributed by atoms with Crippen LogP contribution < -0.4 is 0 Å². The lowest BCUT2D eigenvalue weighted by Crippen LogP contribution is -2.41. The van der Waals surface area contributed by atoms with Crippen LogP contribution in [0.1, 0.15) is 32.1 Å². The van der Waals surface area contributed by atoms with Crippen LogP contribution in [0.2, 0.25) is 0 Å². The summed E-state index contributed by atoms with van der Waals surface area (Å²) in [5.74, 6) is 0. The third-order valence-corrected chi connectivity index (χ3v) is 3.41. The summed E-state index contributed by atoms with van der Waals surface area (Å²) in [7, 11) is 0. The van der Waals surface area contributed by atoms with Crippen molar-refractivity contribution in [2.24, 2.45) is 0 Å². The average Bonchev–Trinajstić information content (AvgIpc) is 2.54. The Kier molecular flexibility index (Phi) is 1.88. The Morgan fingerprint density at radius 1 is 0.923 bits per heavy atom. The molecule has 2 unspecified atom stereocenters. The van der Waals surface area contributed by atoms with Crippen LogP contribution in [-0.4, -0.2) is 23.6 Å². The topological polar surface area (TPSA) is 27.7 Å². The minimum atomic E-state index is -1.02. The molecule has 0 aromatic rings. The van der Waals surface area contributed by atoms with Crippen LogP contribution in [0, 0.1) is 0 Å². The van der Waals surface area contributed by atoms with Crippen molar-refractivity contribution in [3.63, 3.8) is 0 Å². The third kappa shape index (κ3) is 1.31. The third-order valence-electron chi connectivity index (χ3n) is 3.10. The van der Waals surface area contributed by atoms with Crippen LogP contribution >= 0.6 is 12.6 Å². The van der Waals surface area contributed by atoms with Gasteiger partial charge in [0.2, 0.25) is 0 Å². The molecule has 2 heterocycles. The van der Waals surface area contributed by atoms with Crippen molar-refractivity contribution in [1.29, 1.82) is 0 Å². The Morgan fingerprint density at radius 3 is 2.08 bits per heavy atom. The predicted octanol–water partition coefficient (Wildman–Crippen LogP) is 1.67. The lowest BCUT2D eigenvalue weighted by molar-refractivity contribution is -0.255. The molecular formula is C9H14O3S. The summed E-state index contributed by atoms with van der Waals surface area (Å²) in [5, 5.41) is -1.02. The standard InChI is InChI=1S/C9H14O3S/c13-9-10-6-4-2-1-3-5-7(11-9)8(6)12-9/h6-8,13H,1-5H2. The van der Waals surface area contributed by atoms with E-state index < -0.39 is 5.31 Å². The Hall–Kier alpha value is 0.230. The molecule has 2 saturated heterocycles. The van der Waals surface area contributed by atoms with E-state index in [1.807, 2.05) is 0 Å². The lowest BCUT2D eigenvalue weighted by Gasteiger charge is -2.30. The van der Waals surface area contributed by atoms with Gasteiger partial charge in [0.15, 0.2) is 0 Å². The van der Waals surface area contributed by atoms with Crippen molar-refractivity contribution in [1.82, 2.24) is 0 Å². The summed E-state index contributed by atoms with van der Waals surface area (Å²) >= 11 is 4.25. The quantitative estimate of drug-likeness (QED) is 0.606. The van der Waals surface area contributed by atoms with E-state index in [1.165, 1.54) is 19.3 Å². The maximum Gasteiger partial charge on any atom is 0.335 e. The van der Waals surface area contributed by atoms with Crippen LogP contribution in [0.5, 0.6) is 0 Å². The van der Waals surface area contributed by atoms with Crippen LogP contribution in [0.25, 0.3) is 0 Å². The molecule has 0 aromatic carbocycles. The highest BCUT2D eigenvalue weighted by Gasteiger charge is 2.58. The van der Waals surface area contributed by atoms with E-state index in [1.54, 1.807) is 0 Å². The minimum absolute atomic E-state index is 0.137. The van der Waals surface area contributed by atoms with E-state index >= 15 is 0 Å². The molecule has 2 aliphatic heterocycles. The van der Waals surface area contributed by atoms with E-state index in [-0.39, 0.29) is 18.3 Å². The van der Waals surface area contributed by atoms with Crippen molar-refractivity contribution in [3.05, 3.63) is 0 Å². The summed E-state index contributed by atoms with van der Waals surface area (Å²) in [5.41, 5.74) is 0. The largest absolute Gasteiger partial charge is 0.335 e. The van der Waals surface area contributed by atoms with Crippen LogP contribution in [-0.2, 0) is 14.2 Å². The molecule has 3 nitrogen and oxygen atoms in total. The van der Waals surface area contributed by atoms with E-state index in [4.69, 9.17) is 14.2 Å². The molecule has 0 spiro atoms. The monoisotopic (exact) mass is 202 g/mol. The smallest absolute Gasteiger partial charge is 0.313 e. The van der Waals surface area contributed by atoms with Gasteiger partial charge in [0.1, 0.15) is 6.10 Å². The molecule has 0 aromatic heterocycles. The second-order valence-corrected chi connectivity index (χ2v) is 4.60. The number of fused-ring (bicyclic) bond motifs is 1. The molecule has 74 valence electrons. The Balaban J connectivity index is 1.83. The number of ether oxygens (including phenoxy) is 3. The van der Waals surface area contributed by atoms with Crippen molar-refractivity contribution < 1.29 is 14.2 Å². The van der Waals surface area contributed by atoms with Gasteiger partial charge in [0.25, 0.3) is 0 Å². The van der Waals surface area contributed by atoms with E-state index in [0.717, 1.165) is 12.8 Å². The molecule has 1 aliphatic carbocycles. The van der Waals surface area contributed by atoms with E-state index in [9.17, 15) is 0 Å². The molecule has 0 radical (unpaired) electrons. The lowest BCUT2D eigenvalue weighted by atomic mass is 9.94. The van der Waals surface area contributed by atoms with Crippen LogP contribution in [0.15, 0.2) is 0 Å². The van der Waals surface area contributed by atoms with Crippen molar-refractivity contribution in [3.8, 4) is 0 Å². The maximum atomic E-state index is 5.58. The summed E-state index contributed by atoms with van der Waals surface area (Å²) in [6, 6.07) is 0. The van der Waals surface area contributed by atoms with Crippen molar-refractivity contribution in [2.45, 2.75) is 55.7 Å². The second-order valence-electron chi connectivity index (χ2n) is 4.06. The number of hydrogen-bond acceptors (Lipinski definition) is 4. The summed E-state index contributed by atoms with van der Waals surface area (Å²) in [6.07, 6.45) is 6.51. The second kappa shape index (κ2) is 2.86. The van der Waals surface area contributed by atoms with E-state index in [0.29, 0.717) is 0 Å². The van der Waals surface area contributed by atoms with Gasteiger partial charge in [-0.1, -0.05) is 31.9 Å². The minimum Gasteiger partial charge on any atom is -0.313 e. The number of thiol groups is 1. The highest BCUT2D eigenvalue weighted by Crippen LogP contribution is 2.46. The Labute approximate surface area is 83.1 Å². The fourth-order valence-electron chi connectivity index (χ4n) is 2.48.